The molecular weight excluding hydrogens is 420 g/mol. The smallest absolute Gasteiger partial charge is 0.312 e. The number of nitrogens with zero attached hydrogens (tertiary/aromatic N) is 2. The number of hydrogen-bond donors (Lipinski definition) is 0. The fraction of sp³-hybridized carbons (Fsp3) is 0.391. The minimum atomic E-state index is -0.537. The summed E-state index contributed by atoms with van der Waals surface area (Å²) in [5.74, 6) is 0.355. The first-order valence-corrected chi connectivity index (χ1v) is 10.8. The minimum Gasteiger partial charge on any atom is -0.482 e. The highest BCUT2D eigenvalue weighted by Gasteiger charge is 2.40. The van der Waals surface area contributed by atoms with Gasteiger partial charge in [0.25, 0.3) is 5.91 Å². The average molecular weight is 443 g/mol. The number of carbonyl (C=O) groups excluding carboxylic acids is 2. The molecule has 31 heavy (non-hydrogen) atoms. The molecule has 1 heterocycles. The second-order valence-corrected chi connectivity index (χ2v) is 8.46. The topological polar surface area (TPSA) is 89.8 Å². The van der Waals surface area contributed by atoms with Crippen molar-refractivity contribution >= 4 is 29.0 Å². The Labute approximate surface area is 185 Å². The number of nitro groups is 1. The second kappa shape index (κ2) is 9.06. The van der Waals surface area contributed by atoms with Crippen LogP contribution in [0.2, 0.25) is 5.02 Å². The van der Waals surface area contributed by atoms with Crippen LogP contribution in [0.5, 0.6) is 5.75 Å². The van der Waals surface area contributed by atoms with Crippen molar-refractivity contribution in [3.05, 3.63) is 68.7 Å². The first-order valence-electron chi connectivity index (χ1n) is 10.4. The predicted molar refractivity (Wildman–Crippen MR) is 115 cm³/mol. The van der Waals surface area contributed by atoms with Gasteiger partial charge in [0.15, 0.2) is 5.75 Å². The summed E-state index contributed by atoms with van der Waals surface area (Å²) in [5, 5.41) is 11.4. The summed E-state index contributed by atoms with van der Waals surface area (Å²) in [5.41, 5.74) is 1.16. The number of likely N-dealkylation sites (tertiary alicyclic amines) is 1. The number of halogens is 1. The molecule has 2 aliphatic rings. The van der Waals surface area contributed by atoms with Crippen LogP contribution in [-0.4, -0.2) is 34.1 Å². The van der Waals surface area contributed by atoms with Gasteiger partial charge in [-0.3, -0.25) is 19.7 Å². The molecule has 1 aliphatic carbocycles. The van der Waals surface area contributed by atoms with Crippen LogP contribution in [0.25, 0.3) is 0 Å². The molecule has 2 aromatic rings. The van der Waals surface area contributed by atoms with E-state index < -0.39 is 4.92 Å². The van der Waals surface area contributed by atoms with Gasteiger partial charge in [-0.25, -0.2) is 0 Å². The van der Waals surface area contributed by atoms with Gasteiger partial charge < -0.3 is 9.64 Å². The standard InChI is InChI=1S/C23H23ClN2O5/c24-17-9-10-22(20(13-17)26(29)30)31-14-15-5-7-16(8-6-15)23(28)25-12-11-21(27)18-3-1-2-4-19(18)25/h5-10,13,18-19H,1-4,11-12,14H2/t18-,19+/m1/s1. The minimum absolute atomic E-state index is 0.0102. The van der Waals surface area contributed by atoms with Crippen molar-refractivity contribution in [3.63, 3.8) is 0 Å². The number of ketones is 1. The highest BCUT2D eigenvalue weighted by molar-refractivity contribution is 6.30. The van der Waals surface area contributed by atoms with Crippen molar-refractivity contribution in [2.45, 2.75) is 44.8 Å². The maximum absolute atomic E-state index is 13.1. The van der Waals surface area contributed by atoms with Crippen molar-refractivity contribution in [2.24, 2.45) is 5.92 Å². The second-order valence-electron chi connectivity index (χ2n) is 8.03. The van der Waals surface area contributed by atoms with E-state index in [1.807, 2.05) is 4.90 Å². The van der Waals surface area contributed by atoms with E-state index in [9.17, 15) is 19.7 Å². The van der Waals surface area contributed by atoms with E-state index in [4.69, 9.17) is 16.3 Å². The number of ether oxygens (including phenoxy) is 1. The van der Waals surface area contributed by atoms with Gasteiger partial charge in [-0.05, 0) is 42.7 Å². The molecule has 1 amide bonds. The molecular formula is C23H23ClN2O5. The number of hydrogen-bond acceptors (Lipinski definition) is 5. The molecule has 1 aliphatic heterocycles. The maximum atomic E-state index is 13.1. The highest BCUT2D eigenvalue weighted by Crippen LogP contribution is 2.34. The summed E-state index contributed by atoms with van der Waals surface area (Å²) in [7, 11) is 0. The molecule has 0 aromatic heterocycles. The van der Waals surface area contributed by atoms with Gasteiger partial charge in [-0.15, -0.1) is 0 Å². The summed E-state index contributed by atoms with van der Waals surface area (Å²) >= 11 is 5.83. The Bertz CT molecular complexity index is 1010. The lowest BCUT2D eigenvalue weighted by molar-refractivity contribution is -0.385. The van der Waals surface area contributed by atoms with Crippen LogP contribution < -0.4 is 4.74 Å². The van der Waals surface area contributed by atoms with E-state index in [0.29, 0.717) is 18.5 Å². The van der Waals surface area contributed by atoms with Gasteiger partial charge in [0, 0.05) is 41.6 Å². The molecule has 1 saturated carbocycles. The van der Waals surface area contributed by atoms with E-state index in [2.05, 4.69) is 0 Å². The third kappa shape index (κ3) is 4.56. The third-order valence-corrected chi connectivity index (χ3v) is 6.35. The number of Topliss-reactive ketones (excluding diaryl/α,β-unsaturated/α-hetero) is 1. The van der Waals surface area contributed by atoms with Gasteiger partial charge in [0.2, 0.25) is 0 Å². The number of nitro benzene ring substituents is 1. The first-order chi connectivity index (χ1) is 14.9. The fourth-order valence-electron chi connectivity index (χ4n) is 4.52. The lowest BCUT2D eigenvalue weighted by atomic mass is 9.77. The Morgan fingerprint density at radius 2 is 1.90 bits per heavy atom. The molecule has 0 radical (unpaired) electrons. The molecule has 0 N–H and O–H groups in total. The molecule has 4 rings (SSSR count). The fourth-order valence-corrected chi connectivity index (χ4v) is 4.69. The van der Waals surface area contributed by atoms with Gasteiger partial charge >= 0.3 is 5.69 Å². The molecule has 2 fully saturated rings. The van der Waals surface area contributed by atoms with Crippen molar-refractivity contribution < 1.29 is 19.2 Å². The van der Waals surface area contributed by atoms with Crippen molar-refractivity contribution in [3.8, 4) is 5.75 Å². The van der Waals surface area contributed by atoms with Gasteiger partial charge in [-0.2, -0.15) is 0 Å². The van der Waals surface area contributed by atoms with Gasteiger partial charge in [0.05, 0.1) is 4.92 Å². The first kappa shape index (κ1) is 21.3. The number of carbonyl (C=O) groups is 2. The zero-order valence-electron chi connectivity index (χ0n) is 17.0. The van der Waals surface area contributed by atoms with Crippen LogP contribution in [0.4, 0.5) is 5.69 Å². The monoisotopic (exact) mass is 442 g/mol. The summed E-state index contributed by atoms with van der Waals surface area (Å²) in [6, 6.07) is 11.3. The molecule has 7 nitrogen and oxygen atoms in total. The number of piperidine rings is 1. The highest BCUT2D eigenvalue weighted by atomic mass is 35.5. The average Bonchev–Trinajstić information content (AvgIpc) is 2.78. The zero-order valence-corrected chi connectivity index (χ0v) is 17.7. The molecule has 2 aromatic carbocycles. The Kier molecular flexibility index (Phi) is 6.23. The molecule has 0 spiro atoms. The summed E-state index contributed by atoms with van der Waals surface area (Å²) < 4.78 is 5.61. The van der Waals surface area contributed by atoms with Crippen molar-refractivity contribution in [1.29, 1.82) is 0 Å². The summed E-state index contributed by atoms with van der Waals surface area (Å²) in [6.45, 7) is 0.601. The number of benzene rings is 2. The van der Waals surface area contributed by atoms with Crippen LogP contribution in [0.1, 0.15) is 48.0 Å². The maximum Gasteiger partial charge on any atom is 0.312 e. The van der Waals surface area contributed by atoms with Crippen molar-refractivity contribution in [1.82, 2.24) is 4.90 Å². The van der Waals surface area contributed by atoms with E-state index >= 15 is 0 Å². The van der Waals surface area contributed by atoms with E-state index in [0.717, 1.165) is 31.2 Å². The Hall–Kier alpha value is -2.93. The zero-order chi connectivity index (χ0) is 22.0. The Balaban J connectivity index is 1.43. The molecule has 8 heteroatoms. The SMILES string of the molecule is O=C1CCN(C(=O)c2ccc(COc3ccc(Cl)cc3[N+](=O)[O-])cc2)[C@H]2CCCC[C@@H]12. The number of rotatable bonds is 5. The summed E-state index contributed by atoms with van der Waals surface area (Å²) in [6.07, 6.45) is 4.29. The van der Waals surface area contributed by atoms with Crippen LogP contribution in [-0.2, 0) is 11.4 Å². The van der Waals surface area contributed by atoms with Crippen LogP contribution in [0.15, 0.2) is 42.5 Å². The number of fused-ring (bicyclic) bond motifs is 1. The van der Waals surface area contributed by atoms with Crippen molar-refractivity contribution in [2.75, 3.05) is 6.54 Å². The molecule has 0 unspecified atom stereocenters. The molecule has 1 saturated heterocycles. The Morgan fingerprint density at radius 1 is 1.16 bits per heavy atom. The third-order valence-electron chi connectivity index (χ3n) is 6.12. The molecule has 0 bridgehead atoms. The summed E-state index contributed by atoms with van der Waals surface area (Å²) in [4.78, 5) is 37.9. The van der Waals surface area contributed by atoms with Gasteiger partial charge in [0.1, 0.15) is 12.4 Å². The normalized spacial score (nSPS) is 20.8. The van der Waals surface area contributed by atoms with Gasteiger partial charge in [-0.1, -0.05) is 36.6 Å². The van der Waals surface area contributed by atoms with Crippen LogP contribution in [0, 0.1) is 16.0 Å². The Morgan fingerprint density at radius 3 is 2.65 bits per heavy atom. The lowest BCUT2D eigenvalue weighted by Gasteiger charge is -2.43. The van der Waals surface area contributed by atoms with Crippen LogP contribution >= 0.6 is 11.6 Å². The quantitative estimate of drug-likeness (QED) is 0.490. The van der Waals surface area contributed by atoms with Crippen LogP contribution in [0.3, 0.4) is 0 Å². The largest absolute Gasteiger partial charge is 0.482 e. The lowest BCUT2D eigenvalue weighted by Crippen LogP contribution is -2.53. The predicted octanol–water partition coefficient (Wildman–Crippen LogP) is 4.80. The molecule has 162 valence electrons. The molecule has 2 atom stereocenters. The number of amides is 1. The van der Waals surface area contributed by atoms with E-state index in [-0.39, 0.29) is 46.7 Å². The van der Waals surface area contributed by atoms with E-state index in [1.54, 1.807) is 24.3 Å². The van der Waals surface area contributed by atoms with E-state index in [1.165, 1.54) is 18.2 Å².